The van der Waals surface area contributed by atoms with Crippen molar-refractivity contribution in [2.75, 3.05) is 5.32 Å². The van der Waals surface area contributed by atoms with Crippen molar-refractivity contribution in [1.29, 1.82) is 0 Å². The number of anilines is 1. The van der Waals surface area contributed by atoms with E-state index in [1.165, 1.54) is 12.1 Å². The molecule has 0 aliphatic carbocycles. The molecule has 0 fully saturated rings. The van der Waals surface area contributed by atoms with Crippen LogP contribution in [0.25, 0.3) is 10.9 Å². The van der Waals surface area contributed by atoms with Gasteiger partial charge in [-0.2, -0.15) is 0 Å². The molecule has 2 N–H and O–H groups in total. The number of rotatable bonds is 5. The predicted molar refractivity (Wildman–Crippen MR) is 125 cm³/mol. The van der Waals surface area contributed by atoms with Gasteiger partial charge in [0.2, 0.25) is 0 Å². The van der Waals surface area contributed by atoms with Crippen molar-refractivity contribution in [2.45, 2.75) is 20.0 Å². The van der Waals surface area contributed by atoms with Crippen LogP contribution in [0.5, 0.6) is 0 Å². The van der Waals surface area contributed by atoms with E-state index in [0.29, 0.717) is 29.5 Å². The normalized spacial score (nSPS) is 10.9. The number of thiocarbonyl (C=S) groups is 1. The molecule has 2 aromatic carbocycles. The fourth-order valence-corrected chi connectivity index (χ4v) is 4.19. The van der Waals surface area contributed by atoms with Crippen molar-refractivity contribution in [3.63, 3.8) is 0 Å². The Balaban J connectivity index is 1.63. The second kappa shape index (κ2) is 8.77. The minimum absolute atomic E-state index is 0.132. The van der Waals surface area contributed by atoms with E-state index in [-0.39, 0.29) is 11.4 Å². The van der Waals surface area contributed by atoms with Crippen molar-refractivity contribution in [1.82, 2.24) is 9.88 Å². The first kappa shape index (κ1) is 20.3. The van der Waals surface area contributed by atoms with Gasteiger partial charge in [-0.3, -0.25) is 4.79 Å². The van der Waals surface area contributed by atoms with Crippen LogP contribution in [-0.4, -0.2) is 15.0 Å². The Kier molecular flexibility index (Phi) is 5.92. The van der Waals surface area contributed by atoms with Crippen LogP contribution in [0.2, 0.25) is 0 Å². The summed E-state index contributed by atoms with van der Waals surface area (Å²) in [6.45, 7) is 2.94. The number of aromatic nitrogens is 1. The molecule has 0 amide bonds. The minimum atomic E-state index is -0.306. The van der Waals surface area contributed by atoms with Crippen molar-refractivity contribution >= 4 is 45.3 Å². The van der Waals surface area contributed by atoms with E-state index in [0.717, 1.165) is 21.3 Å². The molecule has 0 aliphatic rings. The van der Waals surface area contributed by atoms with Gasteiger partial charge in [0.15, 0.2) is 5.11 Å². The average Bonchev–Trinajstić information content (AvgIpc) is 3.23. The molecule has 30 heavy (non-hydrogen) atoms. The fourth-order valence-electron chi connectivity index (χ4n) is 3.22. The lowest BCUT2D eigenvalue weighted by molar-refractivity contribution is 0.415. The lowest BCUT2D eigenvalue weighted by Crippen LogP contribution is -2.35. The number of thiophene rings is 1. The van der Waals surface area contributed by atoms with E-state index in [1.54, 1.807) is 23.5 Å². The molecule has 4 aromatic rings. The smallest absolute Gasteiger partial charge is 0.253 e. The van der Waals surface area contributed by atoms with Gasteiger partial charge >= 0.3 is 0 Å². The number of hydrogen-bond donors (Lipinski definition) is 2. The molecular weight excluding hydrogens is 417 g/mol. The lowest BCUT2D eigenvalue weighted by atomic mass is 10.1. The lowest BCUT2D eigenvalue weighted by Gasteiger charge is -2.25. The van der Waals surface area contributed by atoms with Crippen molar-refractivity contribution in [3.8, 4) is 0 Å². The molecule has 0 saturated heterocycles. The molecule has 152 valence electrons. The molecule has 4 rings (SSSR count). The largest absolute Gasteiger partial charge is 0.339 e. The maximum absolute atomic E-state index is 13.2. The summed E-state index contributed by atoms with van der Waals surface area (Å²) in [6, 6.07) is 17.9. The van der Waals surface area contributed by atoms with Gasteiger partial charge in [-0.15, -0.1) is 11.3 Å². The van der Waals surface area contributed by atoms with E-state index in [4.69, 9.17) is 12.2 Å². The van der Waals surface area contributed by atoms with E-state index in [1.807, 2.05) is 53.6 Å². The molecule has 2 aromatic heterocycles. The van der Waals surface area contributed by atoms with Crippen molar-refractivity contribution in [2.24, 2.45) is 0 Å². The topological polar surface area (TPSA) is 48.1 Å². The summed E-state index contributed by atoms with van der Waals surface area (Å²) < 4.78 is 13.2. The highest BCUT2D eigenvalue weighted by atomic mass is 32.1. The first-order valence-corrected chi connectivity index (χ1v) is 10.7. The first-order chi connectivity index (χ1) is 14.5. The van der Waals surface area contributed by atoms with Gasteiger partial charge in [0.25, 0.3) is 5.56 Å². The molecule has 0 atom stereocenters. The highest BCUT2D eigenvalue weighted by Crippen LogP contribution is 2.18. The Morgan fingerprint density at radius 2 is 1.93 bits per heavy atom. The Hall–Kier alpha value is -3.03. The molecule has 0 bridgehead atoms. The highest BCUT2D eigenvalue weighted by molar-refractivity contribution is 7.80. The maximum atomic E-state index is 13.2. The summed E-state index contributed by atoms with van der Waals surface area (Å²) in [7, 11) is 0. The second-order valence-corrected chi connectivity index (χ2v) is 8.51. The summed E-state index contributed by atoms with van der Waals surface area (Å²) >= 11 is 7.27. The number of pyridine rings is 1. The number of nitrogens with zero attached hydrogens (tertiary/aromatic N) is 1. The van der Waals surface area contributed by atoms with Crippen LogP contribution < -0.4 is 10.9 Å². The van der Waals surface area contributed by atoms with Gasteiger partial charge in [-0.1, -0.05) is 17.7 Å². The van der Waals surface area contributed by atoms with Crippen molar-refractivity contribution in [3.05, 3.63) is 98.2 Å². The van der Waals surface area contributed by atoms with Crippen molar-refractivity contribution < 1.29 is 4.39 Å². The third kappa shape index (κ3) is 4.75. The van der Waals surface area contributed by atoms with E-state index < -0.39 is 0 Å². The van der Waals surface area contributed by atoms with Gasteiger partial charge < -0.3 is 15.2 Å². The van der Waals surface area contributed by atoms with Crippen LogP contribution in [0.4, 0.5) is 10.1 Å². The SMILES string of the molecule is Cc1ccc2[nH]c(=O)c(CN(Cc3cccs3)C(=S)Nc3ccc(F)cc3)cc2c1. The molecule has 7 heteroatoms. The number of fused-ring (bicyclic) bond motifs is 1. The maximum Gasteiger partial charge on any atom is 0.253 e. The molecule has 2 heterocycles. The number of H-pyrrole nitrogens is 1. The van der Waals surface area contributed by atoms with Gasteiger partial charge in [0, 0.05) is 21.6 Å². The molecular formula is C23H20FN3OS2. The van der Waals surface area contributed by atoms with Crippen LogP contribution in [-0.2, 0) is 13.1 Å². The molecule has 0 aliphatic heterocycles. The Morgan fingerprint density at radius 1 is 1.13 bits per heavy atom. The standard InChI is InChI=1S/C23H20FN3OS2/c1-15-4-9-21-16(11-15)12-17(22(28)26-21)13-27(14-20-3-2-10-30-20)23(29)25-19-7-5-18(24)6-8-19/h2-12H,13-14H2,1H3,(H,25,29)(H,26,28). The quantitative estimate of drug-likeness (QED) is 0.409. The van der Waals surface area contributed by atoms with Crippen LogP contribution in [0, 0.1) is 12.7 Å². The zero-order chi connectivity index (χ0) is 21.1. The van der Waals surface area contributed by atoms with Crippen LogP contribution >= 0.6 is 23.6 Å². The van der Waals surface area contributed by atoms with Crippen LogP contribution in [0.15, 0.2) is 70.8 Å². The third-order valence-corrected chi connectivity index (χ3v) is 5.97. The zero-order valence-electron chi connectivity index (χ0n) is 16.3. The number of nitrogens with one attached hydrogen (secondary N) is 2. The number of hydrogen-bond acceptors (Lipinski definition) is 3. The Bertz CT molecular complexity index is 1230. The average molecular weight is 438 g/mol. The molecule has 0 saturated carbocycles. The molecule has 0 unspecified atom stereocenters. The molecule has 0 spiro atoms. The number of halogens is 1. The monoisotopic (exact) mass is 437 g/mol. The Labute approximate surface area is 183 Å². The second-order valence-electron chi connectivity index (χ2n) is 7.09. The minimum Gasteiger partial charge on any atom is -0.339 e. The van der Waals surface area contributed by atoms with Gasteiger partial charge in [-0.05, 0) is 78.4 Å². The van der Waals surface area contributed by atoms with Crippen LogP contribution in [0.1, 0.15) is 16.0 Å². The van der Waals surface area contributed by atoms with Gasteiger partial charge in [-0.25, -0.2) is 4.39 Å². The van der Waals surface area contributed by atoms with E-state index >= 15 is 0 Å². The summed E-state index contributed by atoms with van der Waals surface area (Å²) in [5.41, 5.74) is 3.14. The van der Waals surface area contributed by atoms with E-state index in [9.17, 15) is 9.18 Å². The summed E-state index contributed by atoms with van der Waals surface area (Å²) in [5, 5.41) is 6.62. The zero-order valence-corrected chi connectivity index (χ0v) is 17.9. The Morgan fingerprint density at radius 3 is 2.67 bits per heavy atom. The number of benzene rings is 2. The summed E-state index contributed by atoms with van der Waals surface area (Å²) in [6.07, 6.45) is 0. The number of aryl methyl sites for hydroxylation is 1. The number of aromatic amines is 1. The van der Waals surface area contributed by atoms with Crippen LogP contribution in [0.3, 0.4) is 0 Å². The van der Waals surface area contributed by atoms with E-state index in [2.05, 4.69) is 10.3 Å². The highest BCUT2D eigenvalue weighted by Gasteiger charge is 2.15. The summed E-state index contributed by atoms with van der Waals surface area (Å²) in [4.78, 5) is 18.7. The summed E-state index contributed by atoms with van der Waals surface area (Å²) in [5.74, 6) is -0.306. The molecule has 0 radical (unpaired) electrons. The molecule has 4 nitrogen and oxygen atoms in total. The van der Waals surface area contributed by atoms with Gasteiger partial charge in [0.05, 0.1) is 13.1 Å². The third-order valence-electron chi connectivity index (χ3n) is 4.75. The van der Waals surface area contributed by atoms with Gasteiger partial charge in [0.1, 0.15) is 5.82 Å². The fraction of sp³-hybridized carbons (Fsp3) is 0.130. The first-order valence-electron chi connectivity index (χ1n) is 9.44. The predicted octanol–water partition coefficient (Wildman–Crippen LogP) is 5.44.